The lowest BCUT2D eigenvalue weighted by Crippen LogP contribution is -1.94. The van der Waals surface area contributed by atoms with Crippen LogP contribution in [0.15, 0.2) is 41.0 Å². The third-order valence-electron chi connectivity index (χ3n) is 4.52. The predicted molar refractivity (Wildman–Crippen MR) is 109 cm³/mol. The van der Waals surface area contributed by atoms with Gasteiger partial charge in [-0.05, 0) is 78.4 Å². The molecule has 2 N–H and O–H groups in total. The third-order valence-corrected chi connectivity index (χ3v) is 4.52. The van der Waals surface area contributed by atoms with Crippen molar-refractivity contribution in [1.29, 1.82) is 0 Å². The van der Waals surface area contributed by atoms with Gasteiger partial charge in [0.05, 0.1) is 5.56 Å². The van der Waals surface area contributed by atoms with Crippen LogP contribution in [-0.2, 0) is 6.42 Å². The molecular weight excluding hydrogens is 324 g/mol. The molecule has 0 atom stereocenters. The van der Waals surface area contributed by atoms with E-state index in [2.05, 4.69) is 39.8 Å². The summed E-state index contributed by atoms with van der Waals surface area (Å²) in [6.07, 6.45) is 11.7. The topological polar surface area (TPSA) is 57.5 Å². The van der Waals surface area contributed by atoms with Crippen LogP contribution in [0, 0.1) is 6.92 Å². The van der Waals surface area contributed by atoms with Crippen LogP contribution in [0.25, 0.3) is 0 Å². The fourth-order valence-electron chi connectivity index (χ4n) is 2.81. The maximum Gasteiger partial charge on any atom is 0.154 e. The fraction of sp³-hybridized carbons (Fsp3) is 0.435. The molecule has 0 aliphatic rings. The number of aromatic hydroxyl groups is 2. The average Bonchev–Trinajstić information content (AvgIpc) is 2.54. The highest BCUT2D eigenvalue weighted by atomic mass is 16.3. The van der Waals surface area contributed by atoms with Crippen LogP contribution in [-0.4, -0.2) is 16.5 Å². The molecule has 3 nitrogen and oxygen atoms in total. The van der Waals surface area contributed by atoms with Gasteiger partial charge in [-0.2, -0.15) is 0 Å². The molecule has 0 spiro atoms. The highest BCUT2D eigenvalue weighted by molar-refractivity contribution is 5.83. The minimum atomic E-state index is -0.114. The first-order valence-corrected chi connectivity index (χ1v) is 9.20. The minimum Gasteiger partial charge on any atom is -0.508 e. The molecule has 1 aromatic carbocycles. The molecule has 0 fully saturated rings. The van der Waals surface area contributed by atoms with E-state index in [1.807, 2.05) is 6.08 Å². The summed E-state index contributed by atoms with van der Waals surface area (Å²) in [4.78, 5) is 11.1. The Morgan fingerprint density at radius 1 is 0.962 bits per heavy atom. The number of allylic oxidation sites excluding steroid dienone is 6. The molecule has 1 rings (SSSR count). The maximum atomic E-state index is 11.1. The number of carbonyl (C=O) groups excluding carboxylic acids is 1. The number of carbonyl (C=O) groups is 1. The standard InChI is InChI=1S/C23H32O3/c1-16(2)8-6-9-17(3)10-7-11-18(4)12-13-20-22(25)14-19(5)21(15-24)23(20)26/h8,10,12,14-15,25-26H,6-7,9,11,13H2,1-5H3/b17-10+,18-12+. The van der Waals surface area contributed by atoms with Crippen molar-refractivity contribution >= 4 is 6.29 Å². The number of hydrogen-bond donors (Lipinski definition) is 2. The van der Waals surface area contributed by atoms with Gasteiger partial charge in [-0.15, -0.1) is 0 Å². The highest BCUT2D eigenvalue weighted by Gasteiger charge is 2.14. The van der Waals surface area contributed by atoms with E-state index in [0.29, 0.717) is 23.8 Å². The summed E-state index contributed by atoms with van der Waals surface area (Å²) < 4.78 is 0. The molecular formula is C23H32O3. The second kappa shape index (κ2) is 10.6. The normalized spacial score (nSPS) is 12.2. The Balaban J connectivity index is 2.65. The van der Waals surface area contributed by atoms with Crippen molar-refractivity contribution in [3.63, 3.8) is 0 Å². The van der Waals surface area contributed by atoms with Gasteiger partial charge in [-0.3, -0.25) is 4.79 Å². The highest BCUT2D eigenvalue weighted by Crippen LogP contribution is 2.33. The summed E-state index contributed by atoms with van der Waals surface area (Å²) in [7, 11) is 0. The quantitative estimate of drug-likeness (QED) is 0.410. The van der Waals surface area contributed by atoms with E-state index in [-0.39, 0.29) is 17.1 Å². The number of hydrogen-bond acceptors (Lipinski definition) is 3. The Labute approximate surface area is 157 Å². The Morgan fingerprint density at radius 3 is 2.12 bits per heavy atom. The van der Waals surface area contributed by atoms with Crippen LogP contribution >= 0.6 is 0 Å². The first-order chi connectivity index (χ1) is 12.3. The zero-order valence-corrected chi connectivity index (χ0v) is 16.7. The van der Waals surface area contributed by atoms with E-state index in [1.54, 1.807) is 6.92 Å². The molecule has 0 aromatic heterocycles. The molecule has 0 aliphatic heterocycles. The number of aryl methyl sites for hydroxylation is 1. The molecule has 0 aliphatic carbocycles. The van der Waals surface area contributed by atoms with Gasteiger partial charge in [-0.1, -0.05) is 34.9 Å². The molecule has 0 amide bonds. The van der Waals surface area contributed by atoms with E-state index < -0.39 is 0 Å². The summed E-state index contributed by atoms with van der Waals surface area (Å²) in [5.74, 6) is -0.0822. The molecule has 142 valence electrons. The Morgan fingerprint density at radius 2 is 1.54 bits per heavy atom. The average molecular weight is 357 g/mol. The van der Waals surface area contributed by atoms with Gasteiger partial charge in [0.25, 0.3) is 0 Å². The van der Waals surface area contributed by atoms with Crippen molar-refractivity contribution in [3.8, 4) is 11.5 Å². The summed E-state index contributed by atoms with van der Waals surface area (Å²) in [6, 6.07) is 1.53. The van der Waals surface area contributed by atoms with Gasteiger partial charge in [0, 0.05) is 5.56 Å². The van der Waals surface area contributed by atoms with E-state index in [4.69, 9.17) is 0 Å². The molecule has 0 bridgehead atoms. The van der Waals surface area contributed by atoms with Crippen molar-refractivity contribution in [1.82, 2.24) is 0 Å². The third kappa shape index (κ3) is 6.91. The number of benzene rings is 1. The summed E-state index contributed by atoms with van der Waals surface area (Å²) in [5.41, 5.74) is 5.19. The molecule has 0 saturated carbocycles. The first-order valence-electron chi connectivity index (χ1n) is 9.20. The van der Waals surface area contributed by atoms with Gasteiger partial charge in [-0.25, -0.2) is 0 Å². The van der Waals surface area contributed by atoms with E-state index in [0.717, 1.165) is 25.7 Å². The van der Waals surface area contributed by atoms with E-state index in [9.17, 15) is 15.0 Å². The van der Waals surface area contributed by atoms with Crippen molar-refractivity contribution in [2.24, 2.45) is 0 Å². The SMILES string of the molecule is CC(C)=CCC/C(C)=C/CC/C(C)=C/Cc1c(O)cc(C)c(C=O)c1O. The van der Waals surface area contributed by atoms with Crippen molar-refractivity contribution in [2.45, 2.75) is 66.7 Å². The predicted octanol–water partition coefficient (Wildman–Crippen LogP) is 6.18. The Bertz CT molecular complexity index is 717. The number of rotatable bonds is 9. The van der Waals surface area contributed by atoms with Gasteiger partial charge in [0.2, 0.25) is 0 Å². The molecule has 0 saturated heterocycles. The fourth-order valence-corrected chi connectivity index (χ4v) is 2.81. The van der Waals surface area contributed by atoms with Crippen LogP contribution in [0.4, 0.5) is 0 Å². The van der Waals surface area contributed by atoms with Gasteiger partial charge < -0.3 is 10.2 Å². The second-order valence-electron chi connectivity index (χ2n) is 7.24. The largest absolute Gasteiger partial charge is 0.508 e. The number of phenols is 2. The monoisotopic (exact) mass is 356 g/mol. The van der Waals surface area contributed by atoms with Crippen LogP contribution in [0.5, 0.6) is 11.5 Å². The molecule has 1 aromatic rings. The zero-order chi connectivity index (χ0) is 19.7. The lowest BCUT2D eigenvalue weighted by atomic mass is 9.99. The summed E-state index contributed by atoms with van der Waals surface area (Å²) in [6.45, 7) is 10.2. The van der Waals surface area contributed by atoms with E-state index in [1.165, 1.54) is 22.8 Å². The molecule has 0 unspecified atom stereocenters. The minimum absolute atomic E-state index is 0.0321. The van der Waals surface area contributed by atoms with Gasteiger partial charge >= 0.3 is 0 Å². The van der Waals surface area contributed by atoms with Crippen LogP contribution in [0.3, 0.4) is 0 Å². The van der Waals surface area contributed by atoms with Gasteiger partial charge in [0.1, 0.15) is 11.5 Å². The van der Waals surface area contributed by atoms with Gasteiger partial charge in [0.15, 0.2) is 6.29 Å². The van der Waals surface area contributed by atoms with Crippen molar-refractivity contribution in [2.75, 3.05) is 0 Å². The number of phenolic OH excluding ortho intramolecular Hbond substituents is 2. The van der Waals surface area contributed by atoms with Crippen LogP contribution in [0.2, 0.25) is 0 Å². The zero-order valence-electron chi connectivity index (χ0n) is 16.7. The second-order valence-corrected chi connectivity index (χ2v) is 7.24. The smallest absolute Gasteiger partial charge is 0.154 e. The molecule has 0 radical (unpaired) electrons. The molecule has 3 heteroatoms. The molecule has 0 heterocycles. The number of aldehydes is 1. The maximum absolute atomic E-state index is 11.1. The van der Waals surface area contributed by atoms with Crippen molar-refractivity contribution < 1.29 is 15.0 Å². The molecule has 26 heavy (non-hydrogen) atoms. The van der Waals surface area contributed by atoms with Crippen LogP contribution < -0.4 is 0 Å². The summed E-state index contributed by atoms with van der Waals surface area (Å²) in [5, 5.41) is 20.3. The Hall–Kier alpha value is -2.29. The summed E-state index contributed by atoms with van der Waals surface area (Å²) >= 11 is 0. The van der Waals surface area contributed by atoms with E-state index >= 15 is 0 Å². The Kier molecular flexibility index (Phi) is 8.91. The lowest BCUT2D eigenvalue weighted by Gasteiger charge is -2.10. The van der Waals surface area contributed by atoms with Crippen LogP contribution in [0.1, 0.15) is 74.9 Å². The lowest BCUT2D eigenvalue weighted by molar-refractivity contribution is 0.112. The first kappa shape index (κ1) is 21.8. The van der Waals surface area contributed by atoms with Crippen molar-refractivity contribution in [3.05, 3.63) is 57.7 Å².